The lowest BCUT2D eigenvalue weighted by atomic mass is 10.1. The minimum Gasteiger partial charge on any atom is -0.366 e. The Bertz CT molecular complexity index is 397. The van der Waals surface area contributed by atoms with Gasteiger partial charge in [-0.15, -0.1) is 0 Å². The highest BCUT2D eigenvalue weighted by molar-refractivity contribution is 5.75. The van der Waals surface area contributed by atoms with Gasteiger partial charge < -0.3 is 4.90 Å². The number of hydrogen-bond donors (Lipinski definition) is 0. The molecule has 102 valence electrons. The summed E-state index contributed by atoms with van der Waals surface area (Å²) in [6.07, 6.45) is 11.8. The first-order valence-corrected chi connectivity index (χ1v) is 7.72. The standard InChI is InChI=1S/C17H23NO/c19-13-14-9-11-17(12-10-14)18(15-5-1-2-6-15)16-7-3-4-8-16/h9-13,15-16H,1-8H2. The second-order valence-corrected chi connectivity index (χ2v) is 5.99. The van der Waals surface area contributed by atoms with Crippen molar-refractivity contribution < 1.29 is 4.79 Å². The quantitative estimate of drug-likeness (QED) is 0.754. The van der Waals surface area contributed by atoms with Gasteiger partial charge in [0.05, 0.1) is 0 Å². The molecule has 2 nitrogen and oxygen atoms in total. The summed E-state index contributed by atoms with van der Waals surface area (Å²) in [6, 6.07) is 9.65. The number of rotatable bonds is 4. The first-order valence-electron chi connectivity index (χ1n) is 7.72. The third kappa shape index (κ3) is 2.68. The zero-order valence-electron chi connectivity index (χ0n) is 11.6. The SMILES string of the molecule is O=Cc1ccc(N(C2CCCC2)C2CCCC2)cc1. The van der Waals surface area contributed by atoms with E-state index in [4.69, 9.17) is 0 Å². The number of carbonyl (C=O) groups excluding carboxylic acids is 1. The molecule has 2 aliphatic carbocycles. The second kappa shape index (κ2) is 5.77. The number of anilines is 1. The molecule has 0 bridgehead atoms. The Morgan fingerprint density at radius 3 is 1.74 bits per heavy atom. The van der Waals surface area contributed by atoms with Crippen LogP contribution in [0.1, 0.15) is 61.7 Å². The zero-order valence-corrected chi connectivity index (χ0v) is 11.6. The van der Waals surface area contributed by atoms with Crippen molar-refractivity contribution in [2.75, 3.05) is 4.90 Å². The summed E-state index contributed by atoms with van der Waals surface area (Å²) >= 11 is 0. The van der Waals surface area contributed by atoms with E-state index in [2.05, 4.69) is 17.0 Å². The van der Waals surface area contributed by atoms with Crippen molar-refractivity contribution in [3.05, 3.63) is 29.8 Å². The van der Waals surface area contributed by atoms with Crippen molar-refractivity contribution in [3.8, 4) is 0 Å². The van der Waals surface area contributed by atoms with Crippen molar-refractivity contribution in [1.29, 1.82) is 0 Å². The van der Waals surface area contributed by atoms with Crippen LogP contribution in [0, 0.1) is 0 Å². The predicted octanol–water partition coefficient (Wildman–Crippen LogP) is 4.19. The molecule has 1 aromatic rings. The summed E-state index contributed by atoms with van der Waals surface area (Å²) < 4.78 is 0. The fourth-order valence-corrected chi connectivity index (χ4v) is 3.81. The zero-order chi connectivity index (χ0) is 13.1. The maximum absolute atomic E-state index is 10.8. The van der Waals surface area contributed by atoms with Crippen LogP contribution >= 0.6 is 0 Å². The predicted molar refractivity (Wildman–Crippen MR) is 78.8 cm³/mol. The third-order valence-electron chi connectivity index (χ3n) is 4.76. The van der Waals surface area contributed by atoms with Crippen LogP contribution in [0.25, 0.3) is 0 Å². The fraction of sp³-hybridized carbons (Fsp3) is 0.588. The number of hydrogen-bond acceptors (Lipinski definition) is 2. The summed E-state index contributed by atoms with van der Waals surface area (Å²) in [4.78, 5) is 13.5. The Hall–Kier alpha value is -1.31. The van der Waals surface area contributed by atoms with Crippen molar-refractivity contribution in [2.45, 2.75) is 63.5 Å². The van der Waals surface area contributed by atoms with Gasteiger partial charge in [0.2, 0.25) is 0 Å². The van der Waals surface area contributed by atoms with Gasteiger partial charge in [-0.1, -0.05) is 25.7 Å². The Balaban J connectivity index is 1.85. The fourth-order valence-electron chi connectivity index (χ4n) is 3.81. The van der Waals surface area contributed by atoms with E-state index in [0.717, 1.165) is 23.9 Å². The summed E-state index contributed by atoms with van der Waals surface area (Å²) in [5.74, 6) is 0. The van der Waals surface area contributed by atoms with Crippen molar-refractivity contribution in [2.24, 2.45) is 0 Å². The molecule has 0 unspecified atom stereocenters. The number of carbonyl (C=O) groups is 1. The first kappa shape index (κ1) is 12.7. The number of benzene rings is 1. The van der Waals surface area contributed by atoms with E-state index >= 15 is 0 Å². The molecule has 0 saturated heterocycles. The van der Waals surface area contributed by atoms with Crippen molar-refractivity contribution in [1.82, 2.24) is 0 Å². The monoisotopic (exact) mass is 257 g/mol. The van der Waals surface area contributed by atoms with Crippen LogP contribution in [0.15, 0.2) is 24.3 Å². The van der Waals surface area contributed by atoms with Gasteiger partial charge in [0.25, 0.3) is 0 Å². The molecule has 2 aliphatic rings. The van der Waals surface area contributed by atoms with Crippen LogP contribution in [0.3, 0.4) is 0 Å². The average Bonchev–Trinajstić information content (AvgIpc) is 3.13. The molecule has 0 spiro atoms. The van der Waals surface area contributed by atoms with Gasteiger partial charge in [0.1, 0.15) is 6.29 Å². The molecule has 2 saturated carbocycles. The summed E-state index contributed by atoms with van der Waals surface area (Å²) in [7, 11) is 0. The van der Waals surface area contributed by atoms with Crippen LogP contribution in [0.2, 0.25) is 0 Å². The molecule has 0 heterocycles. The van der Waals surface area contributed by atoms with E-state index in [0.29, 0.717) is 0 Å². The van der Waals surface area contributed by atoms with Crippen LogP contribution in [0.5, 0.6) is 0 Å². The van der Waals surface area contributed by atoms with Crippen LogP contribution < -0.4 is 4.90 Å². The van der Waals surface area contributed by atoms with Gasteiger partial charge in [-0.3, -0.25) is 4.79 Å². The highest BCUT2D eigenvalue weighted by Crippen LogP contribution is 2.35. The number of nitrogens with zero attached hydrogens (tertiary/aromatic N) is 1. The lowest BCUT2D eigenvalue weighted by Crippen LogP contribution is -2.40. The summed E-state index contributed by atoms with van der Waals surface area (Å²) in [5, 5.41) is 0. The second-order valence-electron chi connectivity index (χ2n) is 5.99. The largest absolute Gasteiger partial charge is 0.366 e. The lowest BCUT2D eigenvalue weighted by Gasteiger charge is -2.37. The molecule has 0 N–H and O–H groups in total. The van der Waals surface area contributed by atoms with Gasteiger partial charge in [-0.05, 0) is 49.9 Å². The highest BCUT2D eigenvalue weighted by Gasteiger charge is 2.30. The Kier molecular flexibility index (Phi) is 3.86. The van der Waals surface area contributed by atoms with Crippen molar-refractivity contribution >= 4 is 12.0 Å². The molecule has 0 aliphatic heterocycles. The molecule has 19 heavy (non-hydrogen) atoms. The molecule has 0 radical (unpaired) electrons. The van der Waals surface area contributed by atoms with E-state index in [1.54, 1.807) is 0 Å². The summed E-state index contributed by atoms with van der Waals surface area (Å²) in [5.41, 5.74) is 2.10. The average molecular weight is 257 g/mol. The maximum atomic E-state index is 10.8. The van der Waals surface area contributed by atoms with Gasteiger partial charge in [-0.25, -0.2) is 0 Å². The molecule has 2 heteroatoms. The van der Waals surface area contributed by atoms with E-state index in [1.807, 2.05) is 12.1 Å². The normalized spacial score (nSPS) is 20.8. The Morgan fingerprint density at radius 2 is 1.32 bits per heavy atom. The smallest absolute Gasteiger partial charge is 0.150 e. The molecule has 0 aromatic heterocycles. The molecular weight excluding hydrogens is 234 g/mol. The minimum absolute atomic E-state index is 0.727. The van der Waals surface area contributed by atoms with Crippen molar-refractivity contribution in [3.63, 3.8) is 0 Å². The van der Waals surface area contributed by atoms with E-state index in [9.17, 15) is 4.79 Å². The first-order chi connectivity index (χ1) is 9.38. The molecule has 2 fully saturated rings. The van der Waals surface area contributed by atoms with Crippen LogP contribution in [0.4, 0.5) is 5.69 Å². The number of aldehydes is 1. The van der Waals surface area contributed by atoms with Gasteiger partial charge in [-0.2, -0.15) is 0 Å². The molecule has 0 atom stereocenters. The maximum Gasteiger partial charge on any atom is 0.150 e. The van der Waals surface area contributed by atoms with E-state index < -0.39 is 0 Å². The minimum atomic E-state index is 0.727. The molecule has 0 amide bonds. The molecular formula is C17H23NO. The third-order valence-corrected chi connectivity index (χ3v) is 4.76. The van der Waals surface area contributed by atoms with Gasteiger partial charge in [0.15, 0.2) is 0 Å². The highest BCUT2D eigenvalue weighted by atomic mass is 16.1. The molecule has 1 aromatic carbocycles. The topological polar surface area (TPSA) is 20.3 Å². The Morgan fingerprint density at radius 1 is 0.842 bits per heavy atom. The van der Waals surface area contributed by atoms with Gasteiger partial charge in [0, 0.05) is 23.3 Å². The summed E-state index contributed by atoms with van der Waals surface area (Å²) in [6.45, 7) is 0. The van der Waals surface area contributed by atoms with Crippen LogP contribution in [-0.4, -0.2) is 18.4 Å². The van der Waals surface area contributed by atoms with E-state index in [1.165, 1.54) is 57.1 Å². The van der Waals surface area contributed by atoms with Crippen LogP contribution in [-0.2, 0) is 0 Å². The molecule has 3 rings (SSSR count). The van der Waals surface area contributed by atoms with E-state index in [-0.39, 0.29) is 0 Å². The Labute approximate surface area is 115 Å². The lowest BCUT2D eigenvalue weighted by molar-refractivity contribution is 0.112. The van der Waals surface area contributed by atoms with Gasteiger partial charge >= 0.3 is 0 Å².